The van der Waals surface area contributed by atoms with E-state index in [0.29, 0.717) is 11.3 Å². The number of hydrogen-bond acceptors (Lipinski definition) is 3. The fraction of sp³-hybridized carbons (Fsp3) is 1.00. The molecule has 1 aliphatic rings. The minimum atomic E-state index is 0.271. The van der Waals surface area contributed by atoms with Gasteiger partial charge in [0.1, 0.15) is 0 Å². The van der Waals surface area contributed by atoms with Gasteiger partial charge in [-0.3, -0.25) is 0 Å². The van der Waals surface area contributed by atoms with Crippen molar-refractivity contribution in [1.82, 2.24) is 4.90 Å². The molecule has 1 saturated heterocycles. The smallest absolute Gasteiger partial charge is 0.0587 e. The predicted octanol–water partition coefficient (Wildman–Crippen LogP) is -0.0188. The highest BCUT2D eigenvalue weighted by Gasteiger charge is 2.25. The Labute approximate surface area is 61.3 Å². The monoisotopic (exact) mass is 147 g/mol. The molecule has 1 rings (SSSR count). The van der Waals surface area contributed by atoms with Gasteiger partial charge in [0.15, 0.2) is 0 Å². The molecular weight excluding hydrogens is 134 g/mol. The van der Waals surface area contributed by atoms with Crippen molar-refractivity contribution in [3.63, 3.8) is 0 Å². The van der Waals surface area contributed by atoms with Crippen LogP contribution in [0.25, 0.3) is 0 Å². The van der Waals surface area contributed by atoms with Crippen LogP contribution in [0.5, 0.6) is 0 Å². The minimum Gasteiger partial charge on any atom is -0.395 e. The van der Waals surface area contributed by atoms with Gasteiger partial charge in [-0.2, -0.15) is 12.6 Å². The van der Waals surface area contributed by atoms with Crippen molar-refractivity contribution in [2.75, 3.05) is 20.2 Å². The molecular formula is C6H13NOS. The largest absolute Gasteiger partial charge is 0.395 e. The highest BCUT2D eigenvalue weighted by atomic mass is 32.1. The maximum absolute atomic E-state index is 8.78. The van der Waals surface area contributed by atoms with E-state index in [0.717, 1.165) is 13.0 Å². The molecule has 2 nitrogen and oxygen atoms in total. The Bertz CT molecular complexity index is 99.1. The Morgan fingerprint density at radius 3 is 2.67 bits per heavy atom. The Morgan fingerprint density at radius 1 is 1.78 bits per heavy atom. The maximum atomic E-state index is 8.78. The first-order valence-corrected chi connectivity index (χ1v) is 3.75. The second kappa shape index (κ2) is 2.90. The molecule has 1 fully saturated rings. The maximum Gasteiger partial charge on any atom is 0.0587 e. The Morgan fingerprint density at radius 2 is 2.44 bits per heavy atom. The number of nitrogens with zero attached hydrogens (tertiary/aromatic N) is 1. The third-order valence-corrected chi connectivity index (χ3v) is 2.25. The number of rotatable bonds is 1. The van der Waals surface area contributed by atoms with Gasteiger partial charge in [-0.1, -0.05) is 0 Å². The molecule has 0 aromatic heterocycles. The number of likely N-dealkylation sites (tertiary alicyclic amines) is 1. The minimum absolute atomic E-state index is 0.271. The van der Waals surface area contributed by atoms with E-state index >= 15 is 0 Å². The number of aliphatic hydroxyl groups excluding tert-OH is 1. The number of thiol groups is 1. The van der Waals surface area contributed by atoms with Gasteiger partial charge in [0.05, 0.1) is 6.61 Å². The van der Waals surface area contributed by atoms with Crippen LogP contribution in [0.1, 0.15) is 6.42 Å². The summed E-state index contributed by atoms with van der Waals surface area (Å²) in [6.45, 7) is 1.28. The zero-order chi connectivity index (χ0) is 6.85. The summed E-state index contributed by atoms with van der Waals surface area (Å²) in [4.78, 5) is 2.15. The molecule has 0 aromatic carbocycles. The van der Waals surface area contributed by atoms with E-state index in [9.17, 15) is 0 Å². The van der Waals surface area contributed by atoms with E-state index in [-0.39, 0.29) is 6.61 Å². The molecule has 0 amide bonds. The summed E-state index contributed by atoms with van der Waals surface area (Å²) in [5, 5.41) is 9.24. The van der Waals surface area contributed by atoms with Crippen molar-refractivity contribution >= 4 is 12.6 Å². The summed E-state index contributed by atoms with van der Waals surface area (Å²) >= 11 is 4.31. The van der Waals surface area contributed by atoms with Crippen LogP contribution in [-0.4, -0.2) is 41.5 Å². The lowest BCUT2D eigenvalue weighted by molar-refractivity contribution is 0.182. The lowest BCUT2D eigenvalue weighted by atomic mass is 10.2. The fourth-order valence-electron chi connectivity index (χ4n) is 1.26. The van der Waals surface area contributed by atoms with Crippen LogP contribution < -0.4 is 0 Å². The van der Waals surface area contributed by atoms with Gasteiger partial charge in [0.25, 0.3) is 0 Å². The van der Waals surface area contributed by atoms with Crippen molar-refractivity contribution < 1.29 is 5.11 Å². The first-order chi connectivity index (χ1) is 4.24. The van der Waals surface area contributed by atoms with Gasteiger partial charge in [-0.15, -0.1) is 0 Å². The van der Waals surface area contributed by atoms with Gasteiger partial charge in [-0.05, 0) is 13.5 Å². The molecule has 0 saturated carbocycles. The van der Waals surface area contributed by atoms with Gasteiger partial charge >= 0.3 is 0 Å². The molecule has 1 N–H and O–H groups in total. The third kappa shape index (κ3) is 1.60. The molecule has 54 valence electrons. The van der Waals surface area contributed by atoms with Crippen LogP contribution in [0.3, 0.4) is 0 Å². The molecule has 0 aromatic rings. The lowest BCUT2D eigenvalue weighted by Gasteiger charge is -2.15. The first-order valence-electron chi connectivity index (χ1n) is 3.23. The molecule has 2 atom stereocenters. The highest BCUT2D eigenvalue weighted by molar-refractivity contribution is 7.81. The van der Waals surface area contributed by atoms with Crippen molar-refractivity contribution in [3.05, 3.63) is 0 Å². The summed E-state index contributed by atoms with van der Waals surface area (Å²) in [5.74, 6) is 0. The molecule has 1 aliphatic heterocycles. The fourth-order valence-corrected chi connectivity index (χ4v) is 1.76. The van der Waals surface area contributed by atoms with Crippen molar-refractivity contribution in [2.24, 2.45) is 0 Å². The molecule has 0 radical (unpaired) electrons. The van der Waals surface area contributed by atoms with Crippen molar-refractivity contribution in [1.29, 1.82) is 0 Å². The average Bonchev–Trinajstić information content (AvgIpc) is 2.10. The highest BCUT2D eigenvalue weighted by Crippen LogP contribution is 2.18. The summed E-state index contributed by atoms with van der Waals surface area (Å²) in [6, 6.07) is 0.354. The van der Waals surface area contributed by atoms with Crippen LogP contribution in [0.2, 0.25) is 0 Å². The quantitative estimate of drug-likeness (QED) is 0.509. The van der Waals surface area contributed by atoms with E-state index in [4.69, 9.17) is 5.11 Å². The van der Waals surface area contributed by atoms with Gasteiger partial charge in [0.2, 0.25) is 0 Å². The zero-order valence-electron chi connectivity index (χ0n) is 5.62. The Hall–Kier alpha value is 0.270. The second-order valence-corrected chi connectivity index (χ2v) is 3.40. The summed E-state index contributed by atoms with van der Waals surface area (Å²) in [6.07, 6.45) is 1.02. The topological polar surface area (TPSA) is 23.5 Å². The molecule has 0 unspecified atom stereocenters. The SMILES string of the molecule is CN1C[C@@H](S)C[C@H]1CO. The predicted molar refractivity (Wildman–Crippen MR) is 40.9 cm³/mol. The zero-order valence-corrected chi connectivity index (χ0v) is 6.51. The van der Waals surface area contributed by atoms with Crippen LogP contribution in [0, 0.1) is 0 Å². The van der Waals surface area contributed by atoms with Gasteiger partial charge < -0.3 is 10.0 Å². The molecule has 0 bridgehead atoms. The summed E-state index contributed by atoms with van der Waals surface area (Å²) < 4.78 is 0. The van der Waals surface area contributed by atoms with E-state index in [1.54, 1.807) is 0 Å². The van der Waals surface area contributed by atoms with Crippen LogP contribution >= 0.6 is 12.6 Å². The standard InChI is InChI=1S/C6H13NOS/c1-7-3-6(9)2-5(7)4-8/h5-6,8-9H,2-4H2,1H3/t5-,6-/m0/s1. The number of hydrogen-bond donors (Lipinski definition) is 2. The van der Waals surface area contributed by atoms with Crippen molar-refractivity contribution in [2.45, 2.75) is 17.7 Å². The number of aliphatic hydroxyl groups is 1. The normalized spacial score (nSPS) is 37.7. The van der Waals surface area contributed by atoms with Crippen molar-refractivity contribution in [3.8, 4) is 0 Å². The van der Waals surface area contributed by atoms with E-state index in [1.165, 1.54) is 0 Å². The van der Waals surface area contributed by atoms with Crippen LogP contribution in [0.4, 0.5) is 0 Å². The van der Waals surface area contributed by atoms with Crippen LogP contribution in [-0.2, 0) is 0 Å². The first kappa shape index (κ1) is 7.38. The van der Waals surface area contributed by atoms with E-state index < -0.39 is 0 Å². The summed E-state index contributed by atoms with van der Waals surface area (Å²) in [5.41, 5.74) is 0. The average molecular weight is 147 g/mol. The molecule has 3 heteroatoms. The van der Waals surface area contributed by atoms with E-state index in [2.05, 4.69) is 17.5 Å². The van der Waals surface area contributed by atoms with Gasteiger partial charge in [-0.25, -0.2) is 0 Å². The second-order valence-electron chi connectivity index (χ2n) is 2.67. The molecule has 9 heavy (non-hydrogen) atoms. The third-order valence-electron chi connectivity index (χ3n) is 1.88. The van der Waals surface area contributed by atoms with Gasteiger partial charge in [0, 0.05) is 17.8 Å². The molecule has 0 spiro atoms. The Balaban J connectivity index is 2.38. The number of likely N-dealkylation sites (N-methyl/N-ethyl adjacent to an activating group) is 1. The summed E-state index contributed by atoms with van der Waals surface area (Å²) in [7, 11) is 2.02. The lowest BCUT2D eigenvalue weighted by Crippen LogP contribution is -2.27. The van der Waals surface area contributed by atoms with E-state index in [1.807, 2.05) is 7.05 Å². The molecule has 1 heterocycles. The molecule has 0 aliphatic carbocycles. The Kier molecular flexibility index (Phi) is 2.38. The van der Waals surface area contributed by atoms with Crippen LogP contribution in [0.15, 0.2) is 0 Å².